The van der Waals surface area contributed by atoms with E-state index in [9.17, 15) is 9.59 Å². The van der Waals surface area contributed by atoms with E-state index in [1.807, 2.05) is 20.8 Å². The first-order chi connectivity index (χ1) is 13.6. The van der Waals surface area contributed by atoms with E-state index in [2.05, 4.69) is 0 Å². The van der Waals surface area contributed by atoms with Gasteiger partial charge in [-0.25, -0.2) is 4.79 Å². The molecule has 6 unspecified atom stereocenters. The second kappa shape index (κ2) is 5.50. The summed E-state index contributed by atoms with van der Waals surface area (Å²) in [5, 5.41) is 0. The lowest BCUT2D eigenvalue weighted by Gasteiger charge is -2.66. The average Bonchev–Trinajstić information content (AvgIpc) is 3.24. The largest absolute Gasteiger partial charge is 0.509 e. The highest BCUT2D eigenvalue weighted by atomic mass is 16.7. The third kappa shape index (κ3) is 2.45. The molecule has 0 spiro atoms. The number of hydrogen-bond acceptors (Lipinski definition) is 5. The molecule has 6 aliphatic carbocycles. The molecule has 29 heavy (non-hydrogen) atoms. The molecular weight excluding hydrogens is 368 g/mol. The molecule has 7 rings (SSSR count). The molecule has 5 nitrogen and oxygen atoms in total. The molecular formula is C24H34O5. The smallest absolute Gasteiger partial charge is 0.465 e. The first-order valence-corrected chi connectivity index (χ1v) is 11.7. The topological polar surface area (TPSA) is 61.8 Å². The molecule has 1 saturated heterocycles. The van der Waals surface area contributed by atoms with Gasteiger partial charge in [0.05, 0.1) is 12.5 Å². The Morgan fingerprint density at radius 2 is 1.83 bits per heavy atom. The lowest BCUT2D eigenvalue weighted by atomic mass is 9.39. The highest BCUT2D eigenvalue weighted by molar-refractivity contribution is 5.77. The number of cyclic esters (lactones) is 1. The van der Waals surface area contributed by atoms with Crippen molar-refractivity contribution in [3.63, 3.8) is 0 Å². The van der Waals surface area contributed by atoms with Gasteiger partial charge < -0.3 is 14.2 Å². The van der Waals surface area contributed by atoms with E-state index in [1.165, 1.54) is 32.1 Å². The molecule has 6 atom stereocenters. The predicted molar refractivity (Wildman–Crippen MR) is 105 cm³/mol. The van der Waals surface area contributed by atoms with Crippen LogP contribution in [0, 0.1) is 40.4 Å². The Hall–Kier alpha value is -1.26. The molecule has 6 saturated carbocycles. The van der Waals surface area contributed by atoms with Crippen LogP contribution in [0.15, 0.2) is 0 Å². The predicted octanol–water partition coefficient (Wildman–Crippen LogP) is 4.87. The molecule has 0 aromatic rings. The van der Waals surface area contributed by atoms with Gasteiger partial charge in [0, 0.05) is 5.92 Å². The standard InChI is InChI=1S/C24H34O5/c1-21(2,3)28-20(26)29-23-9-14-6-15(10-23)8-22(7-14,13-23)24-5-4-16(11-24)17-12-27-19(25)18(17)24/h14-18H,4-13H2,1-3H3. The first kappa shape index (κ1) is 18.5. The molecule has 0 aromatic heterocycles. The van der Waals surface area contributed by atoms with Crippen molar-refractivity contribution in [1.82, 2.24) is 0 Å². The van der Waals surface area contributed by atoms with Crippen LogP contribution in [0.2, 0.25) is 0 Å². The Morgan fingerprint density at radius 1 is 1.10 bits per heavy atom. The minimum atomic E-state index is -0.541. The van der Waals surface area contributed by atoms with Crippen molar-refractivity contribution in [2.24, 2.45) is 40.4 Å². The molecule has 6 bridgehead atoms. The third-order valence-corrected chi connectivity index (χ3v) is 9.64. The molecule has 160 valence electrons. The number of hydrogen-bond donors (Lipinski definition) is 0. The monoisotopic (exact) mass is 402 g/mol. The fraction of sp³-hybridized carbons (Fsp3) is 0.917. The maximum Gasteiger partial charge on any atom is 0.509 e. The second-order valence-corrected chi connectivity index (χ2v) is 12.4. The SMILES string of the molecule is CC(C)(C)OC(=O)OC12CC3CC(C1)CC(C14CCC(C1)C1COC(=O)C14)(C3)C2. The highest BCUT2D eigenvalue weighted by Gasteiger charge is 2.74. The van der Waals surface area contributed by atoms with Gasteiger partial charge in [0.1, 0.15) is 11.2 Å². The summed E-state index contributed by atoms with van der Waals surface area (Å²) < 4.78 is 17.3. The van der Waals surface area contributed by atoms with Crippen molar-refractivity contribution in [3.8, 4) is 0 Å². The number of ether oxygens (including phenoxy) is 3. The van der Waals surface area contributed by atoms with Crippen molar-refractivity contribution in [2.75, 3.05) is 6.61 Å². The molecule has 1 aliphatic heterocycles. The lowest BCUT2D eigenvalue weighted by Crippen LogP contribution is -2.63. The van der Waals surface area contributed by atoms with Crippen molar-refractivity contribution in [3.05, 3.63) is 0 Å². The summed E-state index contributed by atoms with van der Waals surface area (Å²) >= 11 is 0. The minimum absolute atomic E-state index is 0.0649. The molecule has 0 N–H and O–H groups in total. The summed E-state index contributed by atoms with van der Waals surface area (Å²) in [6, 6.07) is 0. The van der Waals surface area contributed by atoms with E-state index in [4.69, 9.17) is 14.2 Å². The maximum atomic E-state index is 12.8. The van der Waals surface area contributed by atoms with Gasteiger partial charge in [-0.2, -0.15) is 0 Å². The van der Waals surface area contributed by atoms with E-state index in [-0.39, 0.29) is 28.3 Å². The van der Waals surface area contributed by atoms with Crippen LogP contribution in [-0.4, -0.2) is 29.9 Å². The Balaban J connectivity index is 1.35. The number of carbonyl (C=O) groups is 2. The Bertz CT molecular complexity index is 752. The Morgan fingerprint density at radius 3 is 2.52 bits per heavy atom. The lowest BCUT2D eigenvalue weighted by molar-refractivity contribution is -0.222. The highest BCUT2D eigenvalue weighted by Crippen LogP contribution is 2.78. The van der Waals surface area contributed by atoms with Gasteiger partial charge in [0.25, 0.3) is 0 Å². The fourth-order valence-electron chi connectivity index (χ4n) is 9.49. The summed E-state index contributed by atoms with van der Waals surface area (Å²) in [6.45, 7) is 6.30. The summed E-state index contributed by atoms with van der Waals surface area (Å²) in [4.78, 5) is 25.5. The van der Waals surface area contributed by atoms with Gasteiger partial charge in [0.2, 0.25) is 0 Å². The molecule has 7 fully saturated rings. The van der Waals surface area contributed by atoms with Crippen LogP contribution >= 0.6 is 0 Å². The number of carbonyl (C=O) groups excluding carboxylic acids is 2. The van der Waals surface area contributed by atoms with Crippen molar-refractivity contribution in [2.45, 2.75) is 89.8 Å². The van der Waals surface area contributed by atoms with Crippen LogP contribution in [0.25, 0.3) is 0 Å². The maximum absolute atomic E-state index is 12.8. The van der Waals surface area contributed by atoms with Crippen LogP contribution in [0.5, 0.6) is 0 Å². The zero-order valence-corrected chi connectivity index (χ0v) is 18.0. The zero-order valence-electron chi connectivity index (χ0n) is 18.0. The van der Waals surface area contributed by atoms with Crippen LogP contribution in [0.1, 0.15) is 78.6 Å². The van der Waals surface area contributed by atoms with Gasteiger partial charge in [-0.05, 0) is 107 Å². The molecule has 1 heterocycles. The molecule has 7 aliphatic rings. The fourth-order valence-corrected chi connectivity index (χ4v) is 9.49. The summed E-state index contributed by atoms with van der Waals surface area (Å²) in [5.74, 6) is 2.48. The van der Waals surface area contributed by atoms with Gasteiger partial charge in [-0.15, -0.1) is 0 Å². The van der Waals surface area contributed by atoms with E-state index >= 15 is 0 Å². The minimum Gasteiger partial charge on any atom is -0.465 e. The second-order valence-electron chi connectivity index (χ2n) is 12.4. The number of fused-ring (bicyclic) bond motifs is 5. The summed E-state index contributed by atoms with van der Waals surface area (Å²) in [6.07, 6.45) is 9.66. The Kier molecular flexibility index (Phi) is 3.51. The van der Waals surface area contributed by atoms with E-state index in [1.54, 1.807) is 0 Å². The van der Waals surface area contributed by atoms with Crippen molar-refractivity contribution in [1.29, 1.82) is 0 Å². The Labute approximate surface area is 173 Å². The third-order valence-electron chi connectivity index (χ3n) is 9.64. The van der Waals surface area contributed by atoms with E-state index in [0.29, 0.717) is 30.3 Å². The van der Waals surface area contributed by atoms with Crippen molar-refractivity contribution >= 4 is 12.1 Å². The average molecular weight is 403 g/mol. The van der Waals surface area contributed by atoms with E-state index in [0.717, 1.165) is 25.7 Å². The van der Waals surface area contributed by atoms with Crippen LogP contribution < -0.4 is 0 Å². The van der Waals surface area contributed by atoms with Gasteiger partial charge in [-0.1, -0.05) is 0 Å². The van der Waals surface area contributed by atoms with Crippen molar-refractivity contribution < 1.29 is 23.8 Å². The zero-order chi connectivity index (χ0) is 20.2. The number of rotatable bonds is 2. The van der Waals surface area contributed by atoms with Crippen LogP contribution in [0.4, 0.5) is 4.79 Å². The van der Waals surface area contributed by atoms with Gasteiger partial charge in [-0.3, -0.25) is 4.79 Å². The van der Waals surface area contributed by atoms with Crippen LogP contribution in [-0.2, 0) is 19.0 Å². The normalized spacial score (nSPS) is 51.8. The van der Waals surface area contributed by atoms with Gasteiger partial charge in [0.15, 0.2) is 0 Å². The summed E-state index contributed by atoms with van der Waals surface area (Å²) in [5.41, 5.74) is -0.715. The molecule has 5 heteroatoms. The first-order valence-electron chi connectivity index (χ1n) is 11.7. The summed E-state index contributed by atoms with van der Waals surface area (Å²) in [7, 11) is 0. The quantitative estimate of drug-likeness (QED) is 0.617. The molecule has 0 amide bonds. The molecule has 0 radical (unpaired) electrons. The van der Waals surface area contributed by atoms with Gasteiger partial charge >= 0.3 is 12.1 Å². The molecule has 0 aromatic carbocycles. The van der Waals surface area contributed by atoms with Crippen LogP contribution in [0.3, 0.4) is 0 Å². The number of esters is 1. The van der Waals surface area contributed by atoms with E-state index < -0.39 is 11.8 Å².